The summed E-state index contributed by atoms with van der Waals surface area (Å²) in [6, 6.07) is 13.5. The molecule has 1 spiro atoms. The molecule has 0 aromatic heterocycles. The monoisotopic (exact) mass is 570 g/mol. The first-order valence-corrected chi connectivity index (χ1v) is 15.4. The quantitative estimate of drug-likeness (QED) is 0.537. The third-order valence-corrected chi connectivity index (χ3v) is 10.3. The Balaban J connectivity index is 0.949. The van der Waals surface area contributed by atoms with Crippen LogP contribution in [0.1, 0.15) is 72.0 Å². The Bertz CT molecular complexity index is 1430. The molecule has 1 unspecified atom stereocenters. The molecule has 0 radical (unpaired) electrons. The van der Waals surface area contributed by atoms with Crippen LogP contribution in [0.25, 0.3) is 0 Å². The van der Waals surface area contributed by atoms with Crippen LogP contribution in [0.5, 0.6) is 5.75 Å². The zero-order valence-corrected chi connectivity index (χ0v) is 24.0. The van der Waals surface area contributed by atoms with Crippen LogP contribution in [0.2, 0.25) is 0 Å². The third kappa shape index (κ3) is 4.68. The van der Waals surface area contributed by atoms with Crippen LogP contribution in [0.15, 0.2) is 42.5 Å². The average molecular weight is 571 g/mol. The number of carbonyl (C=O) groups is 4. The average Bonchev–Trinajstić information content (AvgIpc) is 3.70. The second-order valence-corrected chi connectivity index (χ2v) is 12.5. The molecular formula is C33H38N4O5. The molecule has 1 aliphatic carbocycles. The molecule has 0 saturated carbocycles. The van der Waals surface area contributed by atoms with Gasteiger partial charge in [-0.25, -0.2) is 0 Å². The van der Waals surface area contributed by atoms with Crippen molar-refractivity contribution in [2.75, 3.05) is 32.8 Å². The topological polar surface area (TPSA) is 99.3 Å². The molecule has 9 heteroatoms. The minimum absolute atomic E-state index is 0.107. The number of nitrogens with one attached hydrogen (secondary N) is 1. The fraction of sp³-hybridized carbons (Fsp3) is 0.515. The lowest BCUT2D eigenvalue weighted by Crippen LogP contribution is -2.52. The maximum atomic E-state index is 13.7. The van der Waals surface area contributed by atoms with Gasteiger partial charge in [0.25, 0.3) is 5.91 Å². The zero-order chi connectivity index (χ0) is 28.8. The van der Waals surface area contributed by atoms with Crippen molar-refractivity contribution in [3.63, 3.8) is 0 Å². The van der Waals surface area contributed by atoms with Gasteiger partial charge in [0, 0.05) is 37.2 Å². The Labute approximate surface area is 246 Å². The summed E-state index contributed by atoms with van der Waals surface area (Å²) in [5.41, 5.74) is 4.54. The highest BCUT2D eigenvalue weighted by molar-refractivity contribution is 6.05. The summed E-state index contributed by atoms with van der Waals surface area (Å²) in [6.07, 6.45) is 6.85. The van der Waals surface area contributed by atoms with Gasteiger partial charge >= 0.3 is 0 Å². The van der Waals surface area contributed by atoms with Gasteiger partial charge in [-0.3, -0.25) is 29.4 Å². The van der Waals surface area contributed by atoms with Crippen LogP contribution >= 0.6 is 0 Å². The number of likely N-dealkylation sites (tertiary alicyclic amines) is 2. The normalized spacial score (nSPS) is 25.1. The minimum atomic E-state index is -0.653. The molecule has 42 heavy (non-hydrogen) atoms. The van der Waals surface area contributed by atoms with Crippen LogP contribution in [0.4, 0.5) is 0 Å². The molecule has 2 atom stereocenters. The number of benzene rings is 2. The van der Waals surface area contributed by atoms with E-state index in [1.165, 1.54) is 17.5 Å². The first-order chi connectivity index (χ1) is 20.4. The summed E-state index contributed by atoms with van der Waals surface area (Å²) in [5, 5.41) is 2.35. The Kier molecular flexibility index (Phi) is 7.00. The number of carbonyl (C=O) groups excluding carboxylic acids is 4. The zero-order valence-electron chi connectivity index (χ0n) is 24.0. The summed E-state index contributed by atoms with van der Waals surface area (Å²) >= 11 is 0. The van der Waals surface area contributed by atoms with Crippen LogP contribution in [-0.2, 0) is 32.8 Å². The van der Waals surface area contributed by atoms with Gasteiger partial charge in [0.15, 0.2) is 0 Å². The van der Waals surface area contributed by atoms with Gasteiger partial charge in [0.2, 0.25) is 17.7 Å². The van der Waals surface area contributed by atoms with Gasteiger partial charge in [-0.15, -0.1) is 0 Å². The van der Waals surface area contributed by atoms with E-state index in [-0.39, 0.29) is 42.1 Å². The summed E-state index contributed by atoms with van der Waals surface area (Å²) < 4.78 is 6.21. The number of hydrogen-bond donors (Lipinski definition) is 1. The molecule has 0 bridgehead atoms. The summed E-state index contributed by atoms with van der Waals surface area (Å²) in [5.74, 6) is -0.0429. The number of imide groups is 1. The fourth-order valence-electron chi connectivity index (χ4n) is 7.99. The number of ether oxygens (including phenoxy) is 1. The first kappa shape index (κ1) is 27.1. The van der Waals surface area contributed by atoms with Crippen molar-refractivity contribution in [3.05, 3.63) is 64.7 Å². The summed E-state index contributed by atoms with van der Waals surface area (Å²) in [6.45, 7) is 3.84. The summed E-state index contributed by atoms with van der Waals surface area (Å²) in [7, 11) is 0. The molecular weight excluding hydrogens is 532 g/mol. The number of rotatable bonds is 6. The third-order valence-electron chi connectivity index (χ3n) is 10.3. The molecule has 1 N–H and O–H groups in total. The van der Waals surface area contributed by atoms with E-state index in [0.717, 1.165) is 57.3 Å². The molecule has 4 aliphatic heterocycles. The lowest BCUT2D eigenvalue weighted by atomic mass is 9.74. The smallest absolute Gasteiger partial charge is 0.255 e. The van der Waals surface area contributed by atoms with E-state index < -0.39 is 11.9 Å². The second kappa shape index (κ2) is 10.8. The van der Waals surface area contributed by atoms with Crippen molar-refractivity contribution in [1.29, 1.82) is 0 Å². The highest BCUT2D eigenvalue weighted by atomic mass is 16.5. The van der Waals surface area contributed by atoms with E-state index in [2.05, 4.69) is 39.4 Å². The Morgan fingerprint density at radius 3 is 2.62 bits per heavy atom. The largest absolute Gasteiger partial charge is 0.492 e. The molecule has 4 amide bonds. The Hall–Kier alpha value is -3.72. The standard InChI is InChI=1S/C33H38N4O5/c38-29-11-10-26(30(39)34-29)37-21-24-23(31(37)40)6-3-9-28(24)42-20-19-35-16-4-8-27(35)32(41)36-17-14-33(15-18-36)13-12-22-5-1-2-7-25(22)33/h1-3,5-7,9,26-27H,4,8,10-21H2,(H,34,38,39)/t26?,27-/m0/s1. The second-order valence-electron chi connectivity index (χ2n) is 12.5. The minimum Gasteiger partial charge on any atom is -0.492 e. The SMILES string of the molecule is O=C1CCC(N2Cc3c(OCCN4CCC[C@H]4C(=O)N4CCC5(CCc6ccccc65)CC4)cccc3C2=O)C(=O)N1. The number of fused-ring (bicyclic) bond motifs is 3. The van der Waals surface area contributed by atoms with Crippen molar-refractivity contribution in [2.24, 2.45) is 0 Å². The van der Waals surface area contributed by atoms with Gasteiger partial charge in [-0.1, -0.05) is 30.3 Å². The molecule has 5 aliphatic rings. The molecule has 3 saturated heterocycles. The highest BCUT2D eigenvalue weighted by Crippen LogP contribution is 2.46. The van der Waals surface area contributed by atoms with Crippen molar-refractivity contribution < 1.29 is 23.9 Å². The van der Waals surface area contributed by atoms with Gasteiger partial charge in [0.05, 0.1) is 12.6 Å². The molecule has 220 valence electrons. The lowest BCUT2D eigenvalue weighted by molar-refractivity contribution is -0.138. The van der Waals surface area contributed by atoms with Crippen LogP contribution < -0.4 is 10.1 Å². The van der Waals surface area contributed by atoms with E-state index >= 15 is 0 Å². The van der Waals surface area contributed by atoms with E-state index in [4.69, 9.17) is 4.74 Å². The number of piperidine rings is 2. The van der Waals surface area contributed by atoms with E-state index in [9.17, 15) is 19.2 Å². The number of hydrogen-bond acceptors (Lipinski definition) is 6. The summed E-state index contributed by atoms with van der Waals surface area (Å²) in [4.78, 5) is 56.7. The molecule has 3 fully saturated rings. The van der Waals surface area contributed by atoms with E-state index in [1.54, 1.807) is 17.0 Å². The van der Waals surface area contributed by atoms with Gasteiger partial charge < -0.3 is 14.5 Å². The molecule has 4 heterocycles. The maximum Gasteiger partial charge on any atom is 0.255 e. The van der Waals surface area contributed by atoms with E-state index in [1.807, 2.05) is 6.07 Å². The Morgan fingerprint density at radius 1 is 0.952 bits per heavy atom. The fourth-order valence-corrected chi connectivity index (χ4v) is 7.99. The van der Waals surface area contributed by atoms with Crippen molar-refractivity contribution in [2.45, 2.75) is 75.4 Å². The van der Waals surface area contributed by atoms with Crippen LogP contribution in [0.3, 0.4) is 0 Å². The van der Waals surface area contributed by atoms with Crippen molar-refractivity contribution in [1.82, 2.24) is 20.0 Å². The predicted molar refractivity (Wildman–Crippen MR) is 155 cm³/mol. The number of amides is 4. The molecule has 2 aromatic carbocycles. The molecule has 7 rings (SSSR count). The lowest BCUT2D eigenvalue weighted by Gasteiger charge is -2.41. The first-order valence-electron chi connectivity index (χ1n) is 15.4. The van der Waals surface area contributed by atoms with Gasteiger partial charge in [-0.2, -0.15) is 0 Å². The van der Waals surface area contributed by atoms with E-state index in [0.29, 0.717) is 30.9 Å². The van der Waals surface area contributed by atoms with Crippen LogP contribution in [-0.4, -0.2) is 83.2 Å². The number of aryl methyl sites for hydroxylation is 1. The van der Waals surface area contributed by atoms with Gasteiger partial charge in [0.1, 0.15) is 18.4 Å². The Morgan fingerprint density at radius 2 is 1.79 bits per heavy atom. The molecule has 2 aromatic rings. The van der Waals surface area contributed by atoms with Crippen molar-refractivity contribution >= 4 is 23.6 Å². The predicted octanol–water partition coefficient (Wildman–Crippen LogP) is 2.80. The van der Waals surface area contributed by atoms with Crippen molar-refractivity contribution in [3.8, 4) is 5.75 Å². The highest BCUT2D eigenvalue weighted by Gasteiger charge is 2.44. The number of nitrogens with zero attached hydrogens (tertiary/aromatic N) is 3. The maximum absolute atomic E-state index is 13.7. The van der Waals surface area contributed by atoms with Gasteiger partial charge in [-0.05, 0) is 80.2 Å². The molecule has 9 nitrogen and oxygen atoms in total. The van der Waals surface area contributed by atoms with Crippen LogP contribution in [0, 0.1) is 0 Å².